The Kier molecular flexibility index (Phi) is 4.97. The highest BCUT2D eigenvalue weighted by atomic mass is 32.2. The number of rotatable bonds is 4. The van der Waals surface area contributed by atoms with Gasteiger partial charge in [-0.3, -0.25) is 9.11 Å². The van der Waals surface area contributed by atoms with Crippen molar-refractivity contribution in [3.63, 3.8) is 0 Å². The van der Waals surface area contributed by atoms with Gasteiger partial charge in [0.25, 0.3) is 20.2 Å². The Bertz CT molecular complexity index is 999. The molecule has 1 aliphatic rings. The molecule has 1 atom stereocenters. The summed E-state index contributed by atoms with van der Waals surface area (Å²) >= 11 is 0. The monoisotopic (exact) mass is 368 g/mol. The summed E-state index contributed by atoms with van der Waals surface area (Å²) in [4.78, 5) is 1.68. The zero-order chi connectivity index (χ0) is 18.0. The largest absolute Gasteiger partial charge is 0.361 e. The van der Waals surface area contributed by atoms with Gasteiger partial charge in [-0.15, -0.1) is 0 Å². The molecule has 0 radical (unpaired) electrons. The van der Waals surface area contributed by atoms with Gasteiger partial charge >= 0.3 is 5.71 Å². The van der Waals surface area contributed by atoms with Gasteiger partial charge in [0.15, 0.2) is 0 Å². The molecule has 1 aliphatic carbocycles. The van der Waals surface area contributed by atoms with Crippen LogP contribution in [0.2, 0.25) is 0 Å². The number of hydrogen-bond donors (Lipinski definition) is 2. The highest BCUT2D eigenvalue weighted by Gasteiger charge is 2.45. The molecule has 0 aromatic heterocycles. The lowest BCUT2D eigenvalue weighted by atomic mass is 10.0. The number of benzene rings is 1. The molecule has 8 nitrogen and oxygen atoms in total. The topological polar surface area (TPSA) is 145 Å². The minimum atomic E-state index is -5.01. The lowest BCUT2D eigenvalue weighted by molar-refractivity contribution is -0.00535. The van der Waals surface area contributed by atoms with Crippen LogP contribution in [0.1, 0.15) is 5.56 Å². The van der Waals surface area contributed by atoms with Crippen LogP contribution in [0.3, 0.4) is 0 Å². The van der Waals surface area contributed by atoms with Gasteiger partial charge in [-0.2, -0.15) is 21.6 Å². The number of hydrogen-bond acceptors (Lipinski definition) is 4. The summed E-state index contributed by atoms with van der Waals surface area (Å²) in [6.45, 7) is 0. The summed E-state index contributed by atoms with van der Waals surface area (Å²) < 4.78 is 65.0. The number of allylic oxidation sites excluding steroid dienone is 4. The van der Waals surface area contributed by atoms with E-state index in [0.29, 0.717) is 5.56 Å². The molecule has 2 rings (SSSR count). The Balaban J connectivity index is 2.69. The molecular formula is C14H12N2O6S2. The Morgan fingerprint density at radius 1 is 1.00 bits per heavy atom. The standard InChI is InChI=1S/C14H12N2O6S2/c15-16-12-9-8-11(7-6-10-4-2-1-3-5-10)13(23(17,18)19)14(12)24(20,21)22/h1-9,14H,(H,17,18,19)(H,20,21,22). The van der Waals surface area contributed by atoms with Gasteiger partial charge in [-0.05, 0) is 17.2 Å². The molecular weight excluding hydrogens is 356 g/mol. The maximum Gasteiger partial charge on any atom is 0.317 e. The van der Waals surface area contributed by atoms with Crippen molar-refractivity contribution >= 4 is 32.0 Å². The van der Waals surface area contributed by atoms with Gasteiger partial charge < -0.3 is 5.53 Å². The van der Waals surface area contributed by atoms with Crippen LogP contribution < -0.4 is 0 Å². The van der Waals surface area contributed by atoms with E-state index < -0.39 is 36.1 Å². The van der Waals surface area contributed by atoms with Crippen molar-refractivity contribution in [2.75, 3.05) is 0 Å². The first-order valence-electron chi connectivity index (χ1n) is 6.45. The molecule has 1 unspecified atom stereocenters. The lowest BCUT2D eigenvalue weighted by Gasteiger charge is -2.16. The zero-order valence-corrected chi connectivity index (χ0v) is 13.6. The Hall–Kier alpha value is -2.36. The molecule has 0 saturated heterocycles. The molecule has 0 bridgehead atoms. The van der Waals surface area contributed by atoms with Crippen LogP contribution in [0.15, 0.2) is 59.0 Å². The highest BCUT2D eigenvalue weighted by Crippen LogP contribution is 2.28. The van der Waals surface area contributed by atoms with Gasteiger partial charge in [0.2, 0.25) is 5.25 Å². The van der Waals surface area contributed by atoms with Crippen molar-refractivity contribution in [1.82, 2.24) is 0 Å². The second-order valence-electron chi connectivity index (χ2n) is 4.79. The summed E-state index contributed by atoms with van der Waals surface area (Å²) in [7, 11) is -10.0. The SMILES string of the molecule is [N-]=[N+]=C1C=CC(C=Cc2ccccc2)=C(S(=O)(=O)O)C1S(=O)(=O)O. The average molecular weight is 368 g/mol. The van der Waals surface area contributed by atoms with Gasteiger partial charge in [0, 0.05) is 6.08 Å². The Labute approximate surface area is 138 Å². The molecule has 1 aromatic rings. The third kappa shape index (κ3) is 3.94. The van der Waals surface area contributed by atoms with Gasteiger partial charge in [0.1, 0.15) is 4.91 Å². The van der Waals surface area contributed by atoms with Crippen molar-refractivity contribution < 1.29 is 30.7 Å². The van der Waals surface area contributed by atoms with Crippen LogP contribution in [-0.4, -0.2) is 41.7 Å². The fraction of sp³-hybridized carbons (Fsp3) is 0.0714. The number of nitrogens with zero attached hydrogens (tertiary/aromatic N) is 2. The molecule has 0 spiro atoms. The second kappa shape index (κ2) is 6.63. The van der Waals surface area contributed by atoms with E-state index in [4.69, 9.17) is 5.53 Å². The van der Waals surface area contributed by atoms with Crippen molar-refractivity contribution in [3.8, 4) is 0 Å². The third-order valence-corrected chi connectivity index (χ3v) is 5.42. The maximum absolute atomic E-state index is 11.6. The molecule has 0 aliphatic heterocycles. The van der Waals surface area contributed by atoms with Crippen LogP contribution in [-0.2, 0) is 20.2 Å². The summed E-state index contributed by atoms with van der Waals surface area (Å²) in [5.41, 5.74) is 8.73. The predicted molar refractivity (Wildman–Crippen MR) is 87.2 cm³/mol. The smallest absolute Gasteiger partial charge is 0.317 e. The quantitative estimate of drug-likeness (QED) is 0.466. The van der Waals surface area contributed by atoms with E-state index in [1.165, 1.54) is 12.2 Å². The van der Waals surface area contributed by atoms with E-state index in [9.17, 15) is 25.9 Å². The molecule has 0 saturated carbocycles. The maximum atomic E-state index is 11.6. The molecule has 0 amide bonds. The first-order chi connectivity index (χ1) is 11.1. The fourth-order valence-corrected chi connectivity index (χ4v) is 4.57. The van der Waals surface area contributed by atoms with Crippen LogP contribution in [0.5, 0.6) is 0 Å². The third-order valence-electron chi connectivity index (χ3n) is 3.17. The van der Waals surface area contributed by atoms with E-state index >= 15 is 0 Å². The van der Waals surface area contributed by atoms with Crippen LogP contribution in [0, 0.1) is 0 Å². The Morgan fingerprint density at radius 3 is 2.12 bits per heavy atom. The normalized spacial score (nSPS) is 18.9. The van der Waals surface area contributed by atoms with Crippen molar-refractivity contribution in [3.05, 3.63) is 70.1 Å². The van der Waals surface area contributed by atoms with Gasteiger partial charge in [-0.1, -0.05) is 42.5 Å². The first kappa shape index (κ1) is 18.0. The highest BCUT2D eigenvalue weighted by molar-refractivity contribution is 7.93. The summed E-state index contributed by atoms with van der Waals surface area (Å²) in [5, 5.41) is -2.22. The molecule has 0 fully saturated rings. The fourth-order valence-electron chi connectivity index (χ4n) is 2.18. The van der Waals surface area contributed by atoms with Gasteiger partial charge in [-0.25, -0.2) is 0 Å². The molecule has 2 N–H and O–H groups in total. The van der Waals surface area contributed by atoms with E-state index in [1.807, 2.05) is 0 Å². The second-order valence-corrected chi connectivity index (χ2v) is 7.68. The summed E-state index contributed by atoms with van der Waals surface area (Å²) in [5.74, 6) is 0. The predicted octanol–water partition coefficient (Wildman–Crippen LogP) is 1.34. The van der Waals surface area contributed by atoms with Gasteiger partial charge in [0.05, 0.1) is 0 Å². The van der Waals surface area contributed by atoms with Crippen molar-refractivity contribution in [2.24, 2.45) is 0 Å². The first-order valence-corrected chi connectivity index (χ1v) is 9.40. The summed E-state index contributed by atoms with van der Waals surface area (Å²) in [6, 6.07) is 8.70. The van der Waals surface area contributed by atoms with Crippen molar-refractivity contribution in [1.29, 1.82) is 0 Å². The molecule has 24 heavy (non-hydrogen) atoms. The zero-order valence-electron chi connectivity index (χ0n) is 12.0. The minimum Gasteiger partial charge on any atom is -0.361 e. The summed E-state index contributed by atoms with van der Waals surface area (Å²) in [6.07, 6.45) is 4.94. The minimum absolute atomic E-state index is 0.170. The van der Waals surface area contributed by atoms with Crippen LogP contribution >= 0.6 is 0 Å². The molecule has 0 heterocycles. The van der Waals surface area contributed by atoms with E-state index in [0.717, 1.165) is 12.2 Å². The van der Waals surface area contributed by atoms with Crippen LogP contribution in [0.25, 0.3) is 11.6 Å². The Morgan fingerprint density at radius 2 is 1.62 bits per heavy atom. The molecule has 10 heteroatoms. The van der Waals surface area contributed by atoms with Crippen LogP contribution in [0.4, 0.5) is 0 Å². The van der Waals surface area contributed by atoms with Crippen molar-refractivity contribution in [2.45, 2.75) is 5.25 Å². The van der Waals surface area contributed by atoms with E-state index in [-0.39, 0.29) is 5.57 Å². The average Bonchev–Trinajstić information content (AvgIpc) is 2.51. The van der Waals surface area contributed by atoms with E-state index in [1.54, 1.807) is 30.3 Å². The molecule has 126 valence electrons. The van der Waals surface area contributed by atoms with E-state index in [2.05, 4.69) is 4.79 Å². The molecule has 1 aromatic carbocycles. The lowest BCUT2D eigenvalue weighted by Crippen LogP contribution is -2.37.